The Morgan fingerprint density at radius 1 is 0.730 bits per heavy atom. The zero-order valence-electron chi connectivity index (χ0n) is 21.1. The molecule has 6 nitrogen and oxygen atoms in total. The van der Waals surface area contributed by atoms with Crippen molar-refractivity contribution < 1.29 is 24.1 Å². The smallest absolute Gasteiger partial charge is 0.221 e. The zero-order chi connectivity index (χ0) is 26.0. The molecule has 2 N–H and O–H groups in total. The van der Waals surface area contributed by atoms with Crippen LogP contribution in [0.15, 0.2) is 91.0 Å². The second-order valence-corrected chi connectivity index (χ2v) is 8.65. The van der Waals surface area contributed by atoms with Gasteiger partial charge in [-0.25, -0.2) is 0 Å². The van der Waals surface area contributed by atoms with E-state index in [1.807, 2.05) is 78.9 Å². The first-order chi connectivity index (χ1) is 18.0. The number of aromatic hydroxyl groups is 1. The largest absolute Gasteiger partial charge is 0.504 e. The number of carbonyl (C=O) groups excluding carboxylic acids is 1. The average molecular weight is 498 g/mol. The molecule has 4 aromatic rings. The Bertz CT molecular complexity index is 1320. The highest BCUT2D eigenvalue weighted by atomic mass is 16.5. The lowest BCUT2D eigenvalue weighted by molar-refractivity contribution is -0.114. The molecule has 4 rings (SSSR count). The lowest BCUT2D eigenvalue weighted by Gasteiger charge is -2.17. The number of methoxy groups -OCH3 is 1. The van der Waals surface area contributed by atoms with Gasteiger partial charge in [0.15, 0.2) is 23.0 Å². The van der Waals surface area contributed by atoms with Gasteiger partial charge in [-0.15, -0.1) is 0 Å². The van der Waals surface area contributed by atoms with Crippen molar-refractivity contribution in [2.24, 2.45) is 0 Å². The number of anilines is 1. The first kappa shape index (κ1) is 25.6. The van der Waals surface area contributed by atoms with Crippen LogP contribution in [-0.2, 0) is 30.8 Å². The summed E-state index contributed by atoms with van der Waals surface area (Å²) in [5, 5.41) is 13.9. The van der Waals surface area contributed by atoms with Gasteiger partial charge in [0.2, 0.25) is 5.91 Å². The molecule has 0 spiro atoms. The monoisotopic (exact) mass is 497 g/mol. The van der Waals surface area contributed by atoms with Crippen molar-refractivity contribution in [2.45, 2.75) is 33.0 Å². The zero-order valence-corrected chi connectivity index (χ0v) is 21.1. The Kier molecular flexibility index (Phi) is 8.66. The quantitative estimate of drug-likeness (QED) is 0.254. The first-order valence-corrected chi connectivity index (χ1v) is 12.2. The topological polar surface area (TPSA) is 77.0 Å². The van der Waals surface area contributed by atoms with Crippen LogP contribution in [0.1, 0.15) is 29.2 Å². The number of ether oxygens (including phenoxy) is 3. The predicted molar refractivity (Wildman–Crippen MR) is 144 cm³/mol. The third-order valence-electron chi connectivity index (χ3n) is 5.92. The highest BCUT2D eigenvalue weighted by molar-refractivity contribution is 5.90. The van der Waals surface area contributed by atoms with E-state index in [9.17, 15) is 9.90 Å². The highest BCUT2D eigenvalue weighted by Crippen LogP contribution is 2.37. The number of rotatable bonds is 11. The molecule has 0 unspecified atom stereocenters. The summed E-state index contributed by atoms with van der Waals surface area (Å²) < 4.78 is 17.4. The molecule has 0 saturated heterocycles. The van der Waals surface area contributed by atoms with Crippen LogP contribution in [0.4, 0.5) is 5.69 Å². The highest BCUT2D eigenvalue weighted by Gasteiger charge is 2.16. The van der Waals surface area contributed by atoms with Crippen LogP contribution in [0.3, 0.4) is 0 Å². The number of hydrogen-bond acceptors (Lipinski definition) is 5. The number of phenolic OH excluding ortho intramolecular Hbond substituents is 1. The van der Waals surface area contributed by atoms with Crippen molar-refractivity contribution in [3.05, 3.63) is 113 Å². The van der Waals surface area contributed by atoms with Crippen LogP contribution in [0.25, 0.3) is 0 Å². The van der Waals surface area contributed by atoms with E-state index in [2.05, 4.69) is 5.32 Å². The van der Waals surface area contributed by atoms with Gasteiger partial charge < -0.3 is 24.6 Å². The predicted octanol–water partition coefficient (Wildman–Crippen LogP) is 6.30. The van der Waals surface area contributed by atoms with Crippen molar-refractivity contribution >= 4 is 11.6 Å². The third-order valence-corrected chi connectivity index (χ3v) is 5.92. The molecular weight excluding hydrogens is 466 g/mol. The fourth-order valence-electron chi connectivity index (χ4n) is 4.02. The fraction of sp³-hybridized carbons (Fsp3) is 0.194. The van der Waals surface area contributed by atoms with Gasteiger partial charge in [0, 0.05) is 18.2 Å². The van der Waals surface area contributed by atoms with Crippen LogP contribution >= 0.6 is 0 Å². The molecule has 0 radical (unpaired) electrons. The normalized spacial score (nSPS) is 10.5. The number of carbonyl (C=O) groups is 1. The lowest BCUT2D eigenvalue weighted by Crippen LogP contribution is -2.09. The van der Waals surface area contributed by atoms with E-state index < -0.39 is 0 Å². The van der Waals surface area contributed by atoms with Crippen molar-refractivity contribution in [1.29, 1.82) is 0 Å². The number of phenols is 1. The van der Waals surface area contributed by atoms with Gasteiger partial charge in [0.25, 0.3) is 0 Å². The van der Waals surface area contributed by atoms with Crippen molar-refractivity contribution in [1.82, 2.24) is 0 Å². The molecule has 0 bridgehead atoms. The van der Waals surface area contributed by atoms with Crippen molar-refractivity contribution in [3.63, 3.8) is 0 Å². The van der Waals surface area contributed by atoms with Crippen LogP contribution in [0, 0.1) is 0 Å². The Morgan fingerprint density at radius 2 is 1.32 bits per heavy atom. The van der Waals surface area contributed by atoms with E-state index in [1.54, 1.807) is 19.2 Å². The fourth-order valence-corrected chi connectivity index (χ4v) is 4.02. The van der Waals surface area contributed by atoms with Gasteiger partial charge >= 0.3 is 0 Å². The number of hydrogen-bond donors (Lipinski definition) is 2. The van der Waals surface area contributed by atoms with Crippen molar-refractivity contribution in [2.75, 3.05) is 12.4 Å². The molecule has 0 heterocycles. The summed E-state index contributed by atoms with van der Waals surface area (Å²) in [6.45, 7) is 2.22. The van der Waals surface area contributed by atoms with Crippen LogP contribution < -0.4 is 19.5 Å². The summed E-state index contributed by atoms with van der Waals surface area (Å²) in [5.74, 6) is 1.49. The van der Waals surface area contributed by atoms with Gasteiger partial charge in [-0.3, -0.25) is 4.79 Å². The number of amides is 1. The summed E-state index contributed by atoms with van der Waals surface area (Å²) in [6.07, 6.45) is 1.09. The lowest BCUT2D eigenvalue weighted by atomic mass is 10.0. The maximum Gasteiger partial charge on any atom is 0.221 e. The molecule has 0 aliphatic heterocycles. The molecule has 0 fully saturated rings. The van der Waals surface area contributed by atoms with E-state index in [4.69, 9.17) is 14.2 Å². The Labute approximate surface area is 217 Å². The Morgan fingerprint density at radius 3 is 1.92 bits per heavy atom. The van der Waals surface area contributed by atoms with Crippen LogP contribution in [0.2, 0.25) is 0 Å². The Hall–Kier alpha value is -4.45. The van der Waals surface area contributed by atoms with Crippen LogP contribution in [-0.4, -0.2) is 18.1 Å². The molecule has 0 aliphatic rings. The summed E-state index contributed by atoms with van der Waals surface area (Å²) in [5.41, 5.74) is 4.25. The Balaban J connectivity index is 1.49. The summed E-state index contributed by atoms with van der Waals surface area (Å²) in [7, 11) is 1.61. The number of benzene rings is 4. The molecule has 0 aliphatic carbocycles. The summed E-state index contributed by atoms with van der Waals surface area (Å²) >= 11 is 0. The molecule has 0 aromatic heterocycles. The number of aryl methyl sites for hydroxylation is 1. The molecule has 6 heteroatoms. The van der Waals surface area contributed by atoms with E-state index in [-0.39, 0.29) is 11.7 Å². The first-order valence-electron chi connectivity index (χ1n) is 12.2. The minimum atomic E-state index is -0.208. The minimum absolute atomic E-state index is 0.0250. The molecule has 4 aromatic carbocycles. The minimum Gasteiger partial charge on any atom is -0.504 e. The maximum absolute atomic E-state index is 11.8. The molecule has 0 atom stereocenters. The average Bonchev–Trinajstić information content (AvgIpc) is 2.92. The second kappa shape index (κ2) is 12.5. The van der Waals surface area contributed by atoms with Gasteiger partial charge in [-0.1, -0.05) is 66.7 Å². The molecular formula is C31H31NO5. The van der Waals surface area contributed by atoms with Crippen molar-refractivity contribution in [3.8, 4) is 23.0 Å². The van der Waals surface area contributed by atoms with Gasteiger partial charge in [-0.2, -0.15) is 0 Å². The SMILES string of the molecule is COc1cc(CCc2c(NC(C)=O)ccc(OCc3ccccc3)c2O)ccc1OCc1ccccc1. The van der Waals surface area contributed by atoms with E-state index >= 15 is 0 Å². The number of nitrogens with one attached hydrogen (secondary N) is 1. The molecule has 1 amide bonds. The van der Waals surface area contributed by atoms with E-state index in [1.165, 1.54) is 6.92 Å². The van der Waals surface area contributed by atoms with E-state index in [0.717, 1.165) is 16.7 Å². The summed E-state index contributed by atoms with van der Waals surface area (Å²) in [6, 6.07) is 28.9. The maximum atomic E-state index is 11.8. The molecule has 190 valence electrons. The summed E-state index contributed by atoms with van der Waals surface area (Å²) in [4.78, 5) is 11.8. The van der Waals surface area contributed by atoms with Crippen LogP contribution in [0.5, 0.6) is 23.0 Å². The van der Waals surface area contributed by atoms with Gasteiger partial charge in [0.05, 0.1) is 7.11 Å². The second-order valence-electron chi connectivity index (χ2n) is 8.65. The standard InChI is InChI=1S/C31H31NO5/c1-22(33)32-27-16-18-29(37-21-25-11-7-4-8-12-25)31(34)26(27)15-13-23-14-17-28(30(19-23)35-2)36-20-24-9-5-3-6-10-24/h3-12,14,16-19,34H,13,15,20-21H2,1-2H3,(H,32,33). The third kappa shape index (κ3) is 7.04. The molecule has 37 heavy (non-hydrogen) atoms. The molecule has 0 saturated carbocycles. The van der Waals surface area contributed by atoms with E-state index in [0.29, 0.717) is 54.6 Å². The van der Waals surface area contributed by atoms with Gasteiger partial charge in [0.1, 0.15) is 13.2 Å². The van der Waals surface area contributed by atoms with Gasteiger partial charge in [-0.05, 0) is 53.8 Å².